The van der Waals surface area contributed by atoms with E-state index in [-0.39, 0.29) is 5.41 Å². The summed E-state index contributed by atoms with van der Waals surface area (Å²) in [5.74, 6) is 0.990. The maximum absolute atomic E-state index is 5.94. The highest BCUT2D eigenvalue weighted by Gasteiger charge is 2.26. The Bertz CT molecular complexity index is 530. The van der Waals surface area contributed by atoms with Crippen LogP contribution in [-0.4, -0.2) is 62.0 Å². The molecule has 0 aliphatic carbocycles. The van der Waals surface area contributed by atoms with Gasteiger partial charge in [-0.2, -0.15) is 0 Å². The lowest BCUT2D eigenvalue weighted by Crippen LogP contribution is -2.50. The third-order valence-corrected chi connectivity index (χ3v) is 6.13. The van der Waals surface area contributed by atoms with E-state index in [1.165, 1.54) is 18.4 Å². The standard InChI is InChI=1S/C22H36N2O2/c1-4-22(2,3)19-8-10-20(11-9-19)25-18-6-12-23-13-15-24(16-14-23)21-7-5-17-26-21/h8-11,21H,4-7,12-18H2,1-3H3. The molecule has 1 aromatic carbocycles. The largest absolute Gasteiger partial charge is 0.494 e. The molecule has 0 aromatic heterocycles. The quantitative estimate of drug-likeness (QED) is 0.657. The van der Waals surface area contributed by atoms with Crippen LogP contribution < -0.4 is 4.74 Å². The zero-order valence-corrected chi connectivity index (χ0v) is 16.9. The fourth-order valence-electron chi connectivity index (χ4n) is 3.81. The van der Waals surface area contributed by atoms with Crippen molar-refractivity contribution >= 4 is 0 Å². The number of piperazine rings is 1. The van der Waals surface area contributed by atoms with Crippen LogP contribution in [0.15, 0.2) is 24.3 Å². The first-order valence-electron chi connectivity index (χ1n) is 10.4. The van der Waals surface area contributed by atoms with Gasteiger partial charge in [0.05, 0.1) is 6.61 Å². The van der Waals surface area contributed by atoms with E-state index in [0.29, 0.717) is 6.23 Å². The molecule has 2 aliphatic rings. The Morgan fingerprint density at radius 3 is 2.46 bits per heavy atom. The van der Waals surface area contributed by atoms with E-state index in [1.807, 2.05) is 0 Å². The summed E-state index contributed by atoms with van der Waals surface area (Å²) >= 11 is 0. The third-order valence-electron chi connectivity index (χ3n) is 6.13. The molecule has 2 saturated heterocycles. The average molecular weight is 361 g/mol. The zero-order valence-electron chi connectivity index (χ0n) is 16.9. The normalized spacial score (nSPS) is 22.7. The van der Waals surface area contributed by atoms with Gasteiger partial charge in [0.15, 0.2) is 0 Å². The highest BCUT2D eigenvalue weighted by Crippen LogP contribution is 2.28. The van der Waals surface area contributed by atoms with Gasteiger partial charge in [0, 0.05) is 39.3 Å². The summed E-state index contributed by atoms with van der Waals surface area (Å²) < 4.78 is 11.7. The van der Waals surface area contributed by atoms with Crippen molar-refractivity contribution in [2.75, 3.05) is 45.9 Å². The molecule has 1 atom stereocenters. The number of hydrogen-bond acceptors (Lipinski definition) is 4. The van der Waals surface area contributed by atoms with Gasteiger partial charge in [-0.05, 0) is 48.8 Å². The maximum atomic E-state index is 5.94. The molecular formula is C22H36N2O2. The summed E-state index contributed by atoms with van der Waals surface area (Å²) in [5, 5.41) is 0. The molecule has 146 valence electrons. The summed E-state index contributed by atoms with van der Waals surface area (Å²) in [6.07, 6.45) is 5.05. The first-order valence-corrected chi connectivity index (χ1v) is 10.4. The maximum Gasteiger partial charge on any atom is 0.119 e. The Morgan fingerprint density at radius 2 is 1.85 bits per heavy atom. The minimum Gasteiger partial charge on any atom is -0.494 e. The topological polar surface area (TPSA) is 24.9 Å². The van der Waals surface area contributed by atoms with E-state index in [2.05, 4.69) is 54.8 Å². The zero-order chi connectivity index (χ0) is 18.4. The molecule has 2 fully saturated rings. The molecule has 4 nitrogen and oxygen atoms in total. The van der Waals surface area contributed by atoms with Gasteiger partial charge in [0.2, 0.25) is 0 Å². The van der Waals surface area contributed by atoms with E-state index < -0.39 is 0 Å². The Hall–Kier alpha value is -1.10. The first kappa shape index (κ1) is 19.7. The fourth-order valence-corrected chi connectivity index (χ4v) is 3.81. The number of rotatable bonds is 8. The van der Waals surface area contributed by atoms with Gasteiger partial charge in [-0.1, -0.05) is 32.9 Å². The van der Waals surface area contributed by atoms with E-state index in [1.54, 1.807) is 0 Å². The lowest BCUT2D eigenvalue weighted by molar-refractivity contribution is -0.0423. The summed E-state index contributed by atoms with van der Waals surface area (Å²) in [7, 11) is 0. The lowest BCUT2D eigenvalue weighted by atomic mass is 9.82. The van der Waals surface area contributed by atoms with E-state index in [0.717, 1.165) is 64.5 Å². The molecule has 0 N–H and O–H groups in total. The number of hydrogen-bond donors (Lipinski definition) is 0. The summed E-state index contributed by atoms with van der Waals surface area (Å²) in [4.78, 5) is 5.07. The van der Waals surface area contributed by atoms with Crippen molar-refractivity contribution in [2.45, 2.75) is 58.1 Å². The molecule has 4 heteroatoms. The highest BCUT2D eigenvalue weighted by atomic mass is 16.5. The molecule has 0 amide bonds. The molecule has 0 bridgehead atoms. The first-order chi connectivity index (χ1) is 12.6. The summed E-state index contributed by atoms with van der Waals surface area (Å²) in [6.45, 7) is 14.3. The molecule has 2 heterocycles. The predicted molar refractivity (Wildman–Crippen MR) is 107 cm³/mol. The van der Waals surface area contributed by atoms with Crippen LogP contribution >= 0.6 is 0 Å². The minimum absolute atomic E-state index is 0.240. The lowest BCUT2D eigenvalue weighted by Gasteiger charge is -2.37. The van der Waals surface area contributed by atoms with Crippen LogP contribution in [0.3, 0.4) is 0 Å². The number of ether oxygens (including phenoxy) is 2. The molecule has 2 aliphatic heterocycles. The van der Waals surface area contributed by atoms with Gasteiger partial charge in [0.25, 0.3) is 0 Å². The number of benzene rings is 1. The van der Waals surface area contributed by atoms with Crippen molar-refractivity contribution in [3.8, 4) is 5.75 Å². The Balaban J connectivity index is 1.32. The molecule has 3 rings (SSSR count). The van der Waals surface area contributed by atoms with E-state index >= 15 is 0 Å². The SMILES string of the molecule is CCC(C)(C)c1ccc(OCCCN2CCN(C3CCCO3)CC2)cc1. The fraction of sp³-hybridized carbons (Fsp3) is 0.727. The van der Waals surface area contributed by atoms with Crippen LogP contribution in [-0.2, 0) is 10.2 Å². The van der Waals surface area contributed by atoms with Crippen molar-refractivity contribution in [1.82, 2.24) is 9.80 Å². The van der Waals surface area contributed by atoms with Crippen LogP contribution in [0, 0.1) is 0 Å². The molecule has 1 unspecified atom stereocenters. The molecule has 0 radical (unpaired) electrons. The predicted octanol–water partition coefficient (Wildman–Crippen LogP) is 3.90. The monoisotopic (exact) mass is 360 g/mol. The van der Waals surface area contributed by atoms with E-state index in [9.17, 15) is 0 Å². The molecule has 1 aromatic rings. The summed E-state index contributed by atoms with van der Waals surface area (Å²) in [5.41, 5.74) is 1.63. The van der Waals surface area contributed by atoms with Gasteiger partial charge in [-0.15, -0.1) is 0 Å². The second-order valence-electron chi connectivity index (χ2n) is 8.31. The van der Waals surface area contributed by atoms with Crippen LogP contribution in [0.4, 0.5) is 0 Å². The van der Waals surface area contributed by atoms with Crippen molar-refractivity contribution in [2.24, 2.45) is 0 Å². The van der Waals surface area contributed by atoms with Crippen molar-refractivity contribution in [1.29, 1.82) is 0 Å². The third kappa shape index (κ3) is 5.21. The van der Waals surface area contributed by atoms with E-state index in [4.69, 9.17) is 9.47 Å². The number of nitrogens with zero attached hydrogens (tertiary/aromatic N) is 2. The second kappa shape index (κ2) is 9.20. The van der Waals surface area contributed by atoms with Crippen molar-refractivity contribution in [3.63, 3.8) is 0 Å². The Morgan fingerprint density at radius 1 is 1.12 bits per heavy atom. The molecule has 0 saturated carbocycles. The van der Waals surface area contributed by atoms with Crippen molar-refractivity contribution < 1.29 is 9.47 Å². The second-order valence-corrected chi connectivity index (χ2v) is 8.31. The van der Waals surface area contributed by atoms with Crippen LogP contribution in [0.2, 0.25) is 0 Å². The molecule has 0 spiro atoms. The molecule has 26 heavy (non-hydrogen) atoms. The van der Waals surface area contributed by atoms with Crippen LogP contribution in [0.25, 0.3) is 0 Å². The Labute approximate surface area is 159 Å². The van der Waals surface area contributed by atoms with Gasteiger partial charge < -0.3 is 14.4 Å². The van der Waals surface area contributed by atoms with Gasteiger partial charge in [-0.3, -0.25) is 4.90 Å². The molecular weight excluding hydrogens is 324 g/mol. The van der Waals surface area contributed by atoms with Gasteiger partial charge in [0.1, 0.15) is 12.0 Å². The van der Waals surface area contributed by atoms with Gasteiger partial charge >= 0.3 is 0 Å². The Kier molecular flexibility index (Phi) is 6.96. The smallest absolute Gasteiger partial charge is 0.119 e. The van der Waals surface area contributed by atoms with Crippen LogP contribution in [0.5, 0.6) is 5.75 Å². The summed E-state index contributed by atoms with van der Waals surface area (Å²) in [6, 6.07) is 8.66. The van der Waals surface area contributed by atoms with Crippen LogP contribution in [0.1, 0.15) is 52.0 Å². The average Bonchev–Trinajstić information content (AvgIpc) is 3.21. The van der Waals surface area contributed by atoms with Gasteiger partial charge in [-0.25, -0.2) is 0 Å². The van der Waals surface area contributed by atoms with Crippen molar-refractivity contribution in [3.05, 3.63) is 29.8 Å². The highest BCUT2D eigenvalue weighted by molar-refractivity contribution is 5.31. The minimum atomic E-state index is 0.240.